The van der Waals surface area contributed by atoms with Crippen LogP contribution in [0.25, 0.3) is 0 Å². The first-order valence-corrected chi connectivity index (χ1v) is 8.13. The van der Waals surface area contributed by atoms with E-state index in [0.717, 1.165) is 10.4 Å². The van der Waals surface area contributed by atoms with Crippen LogP contribution < -0.4 is 5.32 Å². The number of hydrogen-bond donors (Lipinski definition) is 1. The SMILES string of the molecule is CC1=NC(=O)NC(c2cccs2)C1C(=O)OCc1ccccc1. The van der Waals surface area contributed by atoms with Crippen LogP contribution in [-0.4, -0.2) is 17.7 Å². The first kappa shape index (κ1) is 15.4. The molecule has 2 aromatic rings. The van der Waals surface area contributed by atoms with Crippen molar-refractivity contribution in [1.82, 2.24) is 5.32 Å². The third-order valence-corrected chi connectivity index (χ3v) is 4.62. The topological polar surface area (TPSA) is 67.8 Å². The number of amides is 2. The Morgan fingerprint density at radius 3 is 2.74 bits per heavy atom. The predicted octanol–water partition coefficient (Wildman–Crippen LogP) is 3.33. The molecule has 0 radical (unpaired) electrons. The van der Waals surface area contributed by atoms with E-state index in [4.69, 9.17) is 4.74 Å². The minimum Gasteiger partial charge on any atom is -0.460 e. The monoisotopic (exact) mass is 328 g/mol. The Labute approximate surface area is 138 Å². The van der Waals surface area contributed by atoms with Crippen LogP contribution in [0.15, 0.2) is 52.8 Å². The molecule has 0 aliphatic carbocycles. The molecule has 0 fully saturated rings. The molecule has 1 aliphatic rings. The van der Waals surface area contributed by atoms with Crippen molar-refractivity contribution in [3.8, 4) is 0 Å². The van der Waals surface area contributed by atoms with E-state index in [1.165, 1.54) is 11.3 Å². The van der Waals surface area contributed by atoms with E-state index in [-0.39, 0.29) is 12.6 Å². The molecule has 23 heavy (non-hydrogen) atoms. The number of carbonyl (C=O) groups is 2. The Morgan fingerprint density at radius 2 is 2.04 bits per heavy atom. The number of hydrogen-bond acceptors (Lipinski definition) is 4. The summed E-state index contributed by atoms with van der Waals surface area (Å²) in [5, 5.41) is 4.67. The summed E-state index contributed by atoms with van der Waals surface area (Å²) in [6, 6.07) is 12.4. The van der Waals surface area contributed by atoms with Gasteiger partial charge in [0, 0.05) is 10.6 Å². The van der Waals surface area contributed by atoms with Crippen molar-refractivity contribution < 1.29 is 14.3 Å². The Balaban J connectivity index is 1.78. The number of nitrogens with one attached hydrogen (secondary N) is 1. The van der Waals surface area contributed by atoms with Crippen molar-refractivity contribution in [1.29, 1.82) is 0 Å². The number of nitrogens with zero attached hydrogens (tertiary/aromatic N) is 1. The van der Waals surface area contributed by atoms with Crippen LogP contribution in [0.3, 0.4) is 0 Å². The number of benzene rings is 1. The van der Waals surface area contributed by atoms with Crippen LogP contribution in [-0.2, 0) is 16.1 Å². The molecule has 5 nitrogen and oxygen atoms in total. The van der Waals surface area contributed by atoms with Gasteiger partial charge < -0.3 is 10.1 Å². The molecular formula is C17H16N2O3S. The first-order chi connectivity index (χ1) is 11.1. The number of thiophene rings is 1. The summed E-state index contributed by atoms with van der Waals surface area (Å²) >= 11 is 1.49. The van der Waals surface area contributed by atoms with Gasteiger partial charge in [-0.1, -0.05) is 36.4 Å². The molecular weight excluding hydrogens is 312 g/mol. The van der Waals surface area contributed by atoms with Gasteiger partial charge in [-0.05, 0) is 23.9 Å². The van der Waals surface area contributed by atoms with Gasteiger partial charge in [-0.2, -0.15) is 0 Å². The molecule has 0 bridgehead atoms. The van der Waals surface area contributed by atoms with Crippen molar-refractivity contribution in [2.75, 3.05) is 0 Å². The van der Waals surface area contributed by atoms with E-state index >= 15 is 0 Å². The van der Waals surface area contributed by atoms with Crippen molar-refractivity contribution in [3.05, 3.63) is 58.3 Å². The summed E-state index contributed by atoms with van der Waals surface area (Å²) in [7, 11) is 0. The fourth-order valence-corrected chi connectivity index (χ4v) is 3.36. The molecule has 1 aromatic carbocycles. The van der Waals surface area contributed by atoms with Crippen LogP contribution >= 0.6 is 11.3 Å². The Kier molecular flexibility index (Phi) is 4.52. The number of ether oxygens (including phenoxy) is 1. The molecule has 6 heteroatoms. The van der Waals surface area contributed by atoms with Crippen LogP contribution in [0, 0.1) is 5.92 Å². The zero-order valence-electron chi connectivity index (χ0n) is 12.6. The second-order valence-corrected chi connectivity index (χ2v) is 6.25. The zero-order chi connectivity index (χ0) is 16.2. The van der Waals surface area contributed by atoms with Gasteiger partial charge in [0.05, 0.1) is 6.04 Å². The highest BCUT2D eigenvalue weighted by Gasteiger charge is 2.38. The van der Waals surface area contributed by atoms with Crippen molar-refractivity contribution in [2.45, 2.75) is 19.6 Å². The number of carbonyl (C=O) groups excluding carboxylic acids is 2. The largest absolute Gasteiger partial charge is 0.460 e. The van der Waals surface area contributed by atoms with Gasteiger partial charge in [-0.3, -0.25) is 4.79 Å². The van der Waals surface area contributed by atoms with Gasteiger partial charge in [0.1, 0.15) is 12.5 Å². The molecule has 118 valence electrons. The summed E-state index contributed by atoms with van der Waals surface area (Å²) in [6.07, 6.45) is 0. The summed E-state index contributed by atoms with van der Waals surface area (Å²) in [4.78, 5) is 29.0. The number of urea groups is 1. The number of rotatable bonds is 4. The lowest BCUT2D eigenvalue weighted by Gasteiger charge is -2.28. The summed E-state index contributed by atoms with van der Waals surface area (Å²) in [5.41, 5.74) is 1.40. The van der Waals surface area contributed by atoms with Crippen molar-refractivity contribution >= 4 is 29.0 Å². The van der Waals surface area contributed by atoms with Gasteiger partial charge in [0.25, 0.3) is 0 Å². The Bertz CT molecular complexity index is 726. The lowest BCUT2D eigenvalue weighted by Crippen LogP contribution is -2.43. The number of aliphatic imine (C=N–C) groups is 1. The van der Waals surface area contributed by atoms with E-state index in [2.05, 4.69) is 10.3 Å². The Hall–Kier alpha value is -2.47. The predicted molar refractivity (Wildman–Crippen MR) is 88.4 cm³/mol. The van der Waals surface area contributed by atoms with Gasteiger partial charge in [0.2, 0.25) is 0 Å². The molecule has 2 heterocycles. The highest BCUT2D eigenvalue weighted by atomic mass is 32.1. The maximum absolute atomic E-state index is 12.5. The number of esters is 1. The van der Waals surface area contributed by atoms with E-state index in [1.54, 1.807) is 6.92 Å². The summed E-state index contributed by atoms with van der Waals surface area (Å²) in [6.45, 7) is 1.89. The van der Waals surface area contributed by atoms with Gasteiger partial charge in [-0.15, -0.1) is 11.3 Å². The van der Waals surface area contributed by atoms with Crippen molar-refractivity contribution in [2.24, 2.45) is 10.9 Å². The van der Waals surface area contributed by atoms with Gasteiger partial charge in [-0.25, -0.2) is 9.79 Å². The molecule has 0 spiro atoms. The van der Waals surface area contributed by atoms with Crippen molar-refractivity contribution in [3.63, 3.8) is 0 Å². The Morgan fingerprint density at radius 1 is 1.26 bits per heavy atom. The molecule has 2 atom stereocenters. The molecule has 0 saturated carbocycles. The molecule has 3 rings (SSSR count). The standard InChI is InChI=1S/C17H16N2O3S/c1-11-14(16(20)22-10-12-6-3-2-4-7-12)15(19-17(21)18-11)13-8-5-9-23-13/h2-9,14-15H,10H2,1H3,(H,19,21). The fraction of sp³-hybridized carbons (Fsp3) is 0.235. The van der Waals surface area contributed by atoms with Crippen LogP contribution in [0.4, 0.5) is 4.79 Å². The first-order valence-electron chi connectivity index (χ1n) is 7.25. The third-order valence-electron chi connectivity index (χ3n) is 3.67. The second kappa shape index (κ2) is 6.75. The summed E-state index contributed by atoms with van der Waals surface area (Å²) in [5.74, 6) is -0.983. The molecule has 1 aliphatic heterocycles. The van der Waals surface area contributed by atoms with E-state index < -0.39 is 18.0 Å². The van der Waals surface area contributed by atoms with E-state index in [0.29, 0.717) is 5.71 Å². The molecule has 0 saturated heterocycles. The average molecular weight is 328 g/mol. The molecule has 2 unspecified atom stereocenters. The summed E-state index contributed by atoms with van der Waals surface area (Å²) < 4.78 is 5.44. The highest BCUT2D eigenvalue weighted by Crippen LogP contribution is 2.31. The molecule has 2 amide bonds. The second-order valence-electron chi connectivity index (χ2n) is 5.27. The van der Waals surface area contributed by atoms with E-state index in [9.17, 15) is 9.59 Å². The lowest BCUT2D eigenvalue weighted by molar-refractivity contribution is -0.148. The third kappa shape index (κ3) is 3.48. The van der Waals surface area contributed by atoms with Crippen LogP contribution in [0.1, 0.15) is 23.4 Å². The quantitative estimate of drug-likeness (QED) is 0.875. The van der Waals surface area contributed by atoms with Crippen LogP contribution in [0.2, 0.25) is 0 Å². The zero-order valence-corrected chi connectivity index (χ0v) is 13.4. The minimum absolute atomic E-state index is 0.203. The van der Waals surface area contributed by atoms with E-state index in [1.807, 2.05) is 47.8 Å². The van der Waals surface area contributed by atoms with Gasteiger partial charge >= 0.3 is 12.0 Å². The fourth-order valence-electron chi connectivity index (χ4n) is 2.55. The molecule has 1 aromatic heterocycles. The maximum Gasteiger partial charge on any atom is 0.341 e. The highest BCUT2D eigenvalue weighted by molar-refractivity contribution is 7.10. The maximum atomic E-state index is 12.5. The average Bonchev–Trinajstić information content (AvgIpc) is 3.07. The minimum atomic E-state index is -0.602. The lowest BCUT2D eigenvalue weighted by atomic mass is 9.92. The molecule has 1 N–H and O–H groups in total. The normalized spacial score (nSPS) is 20.6. The van der Waals surface area contributed by atoms with Gasteiger partial charge in [0.15, 0.2) is 0 Å². The smallest absolute Gasteiger partial charge is 0.341 e. The van der Waals surface area contributed by atoms with Crippen LogP contribution in [0.5, 0.6) is 0 Å².